The first-order valence-electron chi connectivity index (χ1n) is 18.9. The van der Waals surface area contributed by atoms with Crippen molar-refractivity contribution in [2.45, 2.75) is 0 Å². The third kappa shape index (κ3) is 4.94. The molecule has 0 aliphatic carbocycles. The van der Waals surface area contributed by atoms with Gasteiger partial charge in [0.1, 0.15) is 33.5 Å². The second-order valence-corrected chi connectivity index (χ2v) is 14.3. The Labute approximate surface area is 325 Å². The van der Waals surface area contributed by atoms with Crippen LogP contribution < -0.4 is 0 Å². The molecule has 6 heteroatoms. The summed E-state index contributed by atoms with van der Waals surface area (Å²) in [5.74, 6) is 1.64. The highest BCUT2D eigenvalue weighted by molar-refractivity contribution is 6.18. The van der Waals surface area contributed by atoms with Crippen molar-refractivity contribution in [3.8, 4) is 56.4 Å². The molecule has 0 radical (unpaired) electrons. The van der Waals surface area contributed by atoms with Crippen LogP contribution in [-0.2, 0) is 0 Å². The number of para-hydroxylation sites is 3. The van der Waals surface area contributed by atoms with Gasteiger partial charge in [-0.2, -0.15) is 0 Å². The van der Waals surface area contributed by atoms with Gasteiger partial charge in [-0.3, -0.25) is 0 Å². The fourth-order valence-corrected chi connectivity index (χ4v) is 8.35. The van der Waals surface area contributed by atoms with Gasteiger partial charge < -0.3 is 13.3 Å². The van der Waals surface area contributed by atoms with Crippen LogP contribution >= 0.6 is 0 Å². The topological polar surface area (TPSA) is 78.1 Å². The Morgan fingerprint density at radius 2 is 0.860 bits per heavy atom. The van der Waals surface area contributed by atoms with Gasteiger partial charge in [0.15, 0.2) is 17.5 Å². The number of furan rings is 3. The summed E-state index contributed by atoms with van der Waals surface area (Å²) in [6.07, 6.45) is 0. The van der Waals surface area contributed by atoms with E-state index in [0.717, 1.165) is 105 Å². The summed E-state index contributed by atoms with van der Waals surface area (Å²) in [4.78, 5) is 15.4. The van der Waals surface area contributed by atoms with Crippen molar-refractivity contribution in [3.05, 3.63) is 176 Å². The van der Waals surface area contributed by atoms with Crippen LogP contribution in [0.2, 0.25) is 0 Å². The van der Waals surface area contributed by atoms with Crippen LogP contribution in [0.5, 0.6) is 0 Å². The maximum Gasteiger partial charge on any atom is 0.167 e. The average Bonchev–Trinajstić information content (AvgIpc) is 3.98. The summed E-state index contributed by atoms with van der Waals surface area (Å²) < 4.78 is 19.6. The first-order chi connectivity index (χ1) is 28.2. The first-order valence-corrected chi connectivity index (χ1v) is 18.9. The van der Waals surface area contributed by atoms with E-state index >= 15 is 0 Å². The quantitative estimate of drug-likeness (QED) is 0.175. The lowest BCUT2D eigenvalue weighted by Crippen LogP contribution is -2.00. The molecule has 0 amide bonds. The molecule has 0 aliphatic heterocycles. The van der Waals surface area contributed by atoms with Crippen molar-refractivity contribution in [1.29, 1.82) is 0 Å². The molecule has 0 unspecified atom stereocenters. The molecule has 0 saturated carbocycles. The summed E-state index contributed by atoms with van der Waals surface area (Å²) in [6.45, 7) is 0. The molecule has 0 aliphatic rings. The van der Waals surface area contributed by atoms with Crippen molar-refractivity contribution in [2.24, 2.45) is 0 Å². The highest BCUT2D eigenvalue weighted by Crippen LogP contribution is 2.44. The summed E-state index contributed by atoms with van der Waals surface area (Å²) in [5.41, 5.74) is 11.6. The monoisotopic (exact) mass is 731 g/mol. The van der Waals surface area contributed by atoms with Crippen LogP contribution in [0.3, 0.4) is 0 Å². The van der Waals surface area contributed by atoms with Gasteiger partial charge >= 0.3 is 0 Å². The zero-order chi connectivity index (χ0) is 37.5. The molecule has 0 saturated heterocycles. The fraction of sp³-hybridized carbons (Fsp3) is 0. The molecule has 0 bridgehead atoms. The molecule has 4 aromatic heterocycles. The number of benzene rings is 8. The third-order valence-corrected chi connectivity index (χ3v) is 11.0. The van der Waals surface area contributed by atoms with Gasteiger partial charge in [0.05, 0.1) is 5.56 Å². The Morgan fingerprint density at radius 1 is 0.281 bits per heavy atom. The van der Waals surface area contributed by atoms with Crippen molar-refractivity contribution in [1.82, 2.24) is 15.0 Å². The van der Waals surface area contributed by atoms with Crippen LogP contribution in [-0.4, -0.2) is 15.0 Å². The second kappa shape index (κ2) is 12.3. The van der Waals surface area contributed by atoms with E-state index in [2.05, 4.69) is 84.9 Å². The number of hydrogen-bond donors (Lipinski definition) is 0. The Kier molecular flexibility index (Phi) is 6.83. The second-order valence-electron chi connectivity index (χ2n) is 14.3. The largest absolute Gasteiger partial charge is 0.456 e. The summed E-state index contributed by atoms with van der Waals surface area (Å²) >= 11 is 0. The molecule has 4 heterocycles. The summed E-state index contributed by atoms with van der Waals surface area (Å²) in [6, 6.07) is 59.8. The van der Waals surface area contributed by atoms with Gasteiger partial charge in [0.2, 0.25) is 0 Å². The number of fused-ring (bicyclic) bond motifs is 9. The molecule has 0 spiro atoms. The highest BCUT2D eigenvalue weighted by Gasteiger charge is 2.22. The van der Waals surface area contributed by atoms with E-state index in [4.69, 9.17) is 28.2 Å². The smallest absolute Gasteiger partial charge is 0.167 e. The number of nitrogens with zero attached hydrogens (tertiary/aromatic N) is 3. The predicted octanol–water partition coefficient (Wildman–Crippen LogP) is 13.9. The Balaban J connectivity index is 1.09. The minimum atomic E-state index is 0.529. The minimum absolute atomic E-state index is 0.529. The van der Waals surface area contributed by atoms with Crippen LogP contribution in [0, 0.1) is 0 Å². The number of hydrogen-bond acceptors (Lipinski definition) is 6. The van der Waals surface area contributed by atoms with Gasteiger partial charge in [-0.05, 0) is 59.2 Å². The standard InChI is InChI=1S/C51H29N3O3/c1-3-13-30(14-4-1)34-27-26-33(46-37-18-8-10-23-42(37)57-48(34)46)32-25-28-43-40(29-32)45-38(20-12-24-44(45)55-43)50-52-49(31-15-5-2-6-16-31)53-51(54-50)39-21-11-19-36-35-17-7-9-22-41(35)56-47(36)39/h1-29H. The van der Waals surface area contributed by atoms with Crippen LogP contribution in [0.1, 0.15) is 0 Å². The molecular formula is C51H29N3O3. The number of aromatic nitrogens is 3. The molecule has 266 valence electrons. The normalized spacial score (nSPS) is 11.9. The zero-order valence-corrected chi connectivity index (χ0v) is 30.3. The zero-order valence-electron chi connectivity index (χ0n) is 30.3. The van der Waals surface area contributed by atoms with Crippen molar-refractivity contribution < 1.29 is 13.3 Å². The van der Waals surface area contributed by atoms with E-state index in [9.17, 15) is 0 Å². The molecule has 12 rings (SSSR count). The van der Waals surface area contributed by atoms with Crippen LogP contribution in [0.4, 0.5) is 0 Å². The average molecular weight is 732 g/mol. The molecule has 57 heavy (non-hydrogen) atoms. The SMILES string of the molecule is c1ccc(-c2nc(-c3cccc4c3oc3ccccc34)nc(-c3cccc4oc5ccc(-c6ccc(-c7ccccc7)c7oc8ccccc8c67)cc5c34)n2)cc1. The maximum absolute atomic E-state index is 6.61. The summed E-state index contributed by atoms with van der Waals surface area (Å²) in [5, 5.41) is 6.11. The Bertz CT molecular complexity index is 3530. The molecule has 0 atom stereocenters. The van der Waals surface area contributed by atoms with Gasteiger partial charge in [-0.15, -0.1) is 0 Å². The van der Waals surface area contributed by atoms with E-state index < -0.39 is 0 Å². The van der Waals surface area contributed by atoms with Crippen molar-refractivity contribution in [3.63, 3.8) is 0 Å². The third-order valence-electron chi connectivity index (χ3n) is 11.0. The fourth-order valence-electron chi connectivity index (χ4n) is 8.35. The predicted molar refractivity (Wildman–Crippen MR) is 229 cm³/mol. The van der Waals surface area contributed by atoms with Crippen LogP contribution in [0.15, 0.2) is 189 Å². The molecular weight excluding hydrogens is 703 g/mol. The molecule has 8 aromatic carbocycles. The van der Waals surface area contributed by atoms with Crippen LogP contribution in [0.25, 0.3) is 122 Å². The molecule has 6 nitrogen and oxygen atoms in total. The molecule has 0 fully saturated rings. The summed E-state index contributed by atoms with van der Waals surface area (Å²) in [7, 11) is 0. The van der Waals surface area contributed by atoms with E-state index in [1.807, 2.05) is 91.0 Å². The maximum atomic E-state index is 6.61. The van der Waals surface area contributed by atoms with Gasteiger partial charge in [0.25, 0.3) is 0 Å². The lowest BCUT2D eigenvalue weighted by atomic mass is 9.93. The van der Waals surface area contributed by atoms with Gasteiger partial charge in [0, 0.05) is 49.0 Å². The molecule has 0 N–H and O–H groups in total. The lowest BCUT2D eigenvalue weighted by molar-refractivity contribution is 0.668. The van der Waals surface area contributed by atoms with Crippen molar-refractivity contribution >= 4 is 65.8 Å². The van der Waals surface area contributed by atoms with E-state index in [0.29, 0.717) is 17.5 Å². The highest BCUT2D eigenvalue weighted by atomic mass is 16.3. The van der Waals surface area contributed by atoms with Gasteiger partial charge in [-0.1, -0.05) is 133 Å². The molecule has 12 aromatic rings. The number of rotatable bonds is 5. The Hall–Kier alpha value is -7.83. The first kappa shape index (κ1) is 31.5. The van der Waals surface area contributed by atoms with Crippen molar-refractivity contribution in [2.75, 3.05) is 0 Å². The van der Waals surface area contributed by atoms with E-state index in [1.54, 1.807) is 0 Å². The van der Waals surface area contributed by atoms with E-state index in [-0.39, 0.29) is 0 Å². The Morgan fingerprint density at radius 3 is 1.68 bits per heavy atom. The van der Waals surface area contributed by atoms with E-state index in [1.165, 1.54) is 0 Å². The minimum Gasteiger partial charge on any atom is -0.456 e. The lowest BCUT2D eigenvalue weighted by Gasteiger charge is -2.10. The van der Waals surface area contributed by atoms with Gasteiger partial charge in [-0.25, -0.2) is 15.0 Å².